The van der Waals surface area contributed by atoms with E-state index in [2.05, 4.69) is 5.32 Å². The topological polar surface area (TPSA) is 53.0 Å². The van der Waals surface area contributed by atoms with Crippen molar-refractivity contribution in [2.45, 2.75) is 13.8 Å². The molecule has 62 valence electrons. The first-order valence-corrected chi connectivity index (χ1v) is 3.66. The van der Waals surface area contributed by atoms with Crippen LogP contribution in [0.5, 0.6) is 0 Å². The molecule has 0 atom stereocenters. The predicted octanol–water partition coefficient (Wildman–Crippen LogP) is 1.28. The second-order valence-electron chi connectivity index (χ2n) is 2.05. The van der Waals surface area contributed by atoms with E-state index in [1.807, 2.05) is 6.92 Å². The van der Waals surface area contributed by atoms with Gasteiger partial charge < -0.3 is 5.32 Å². The second kappa shape index (κ2) is 4.91. The van der Waals surface area contributed by atoms with Crippen LogP contribution in [-0.2, 0) is 4.79 Å². The fraction of sp³-hybridized carbons (Fsp3) is 0.429. The quantitative estimate of drug-likeness (QED) is 0.499. The molecule has 0 saturated heterocycles. The Morgan fingerprint density at radius 2 is 2.27 bits per heavy atom. The van der Waals surface area contributed by atoms with Crippen molar-refractivity contribution < 1.29 is 4.79 Å². The molecule has 0 radical (unpaired) electrons. The first-order valence-electron chi connectivity index (χ1n) is 3.28. The van der Waals surface area contributed by atoms with Gasteiger partial charge in [-0.15, -0.1) is 0 Å². The third-order valence-electron chi connectivity index (χ3n) is 1.03. The number of carbonyl (C=O) groups excluding carboxylic acids is 1. The lowest BCUT2D eigenvalue weighted by molar-refractivity contribution is -0.106. The highest BCUT2D eigenvalue weighted by Gasteiger charge is 2.00. The van der Waals surface area contributed by atoms with Gasteiger partial charge in [-0.1, -0.05) is 0 Å². The fourth-order valence-electron chi connectivity index (χ4n) is 0.603. The maximum Gasteiger partial charge on any atom is 0.270 e. The predicted molar refractivity (Wildman–Crippen MR) is 46.0 cm³/mol. The number of allylic oxidation sites excluding steroid dienone is 2. The van der Waals surface area contributed by atoms with Crippen molar-refractivity contribution in [3.63, 3.8) is 0 Å². The van der Waals surface area contributed by atoms with Crippen LogP contribution in [0, 0.1) is 5.41 Å². The fourth-order valence-corrected chi connectivity index (χ4v) is 0.658. The van der Waals surface area contributed by atoms with Gasteiger partial charge in [0.2, 0.25) is 0 Å². The van der Waals surface area contributed by atoms with Gasteiger partial charge in [0, 0.05) is 12.2 Å². The van der Waals surface area contributed by atoms with Crippen LogP contribution >= 0.6 is 11.6 Å². The van der Waals surface area contributed by atoms with Crippen molar-refractivity contribution >= 4 is 22.6 Å². The van der Waals surface area contributed by atoms with Gasteiger partial charge in [-0.25, -0.2) is 0 Å². The van der Waals surface area contributed by atoms with E-state index in [0.29, 0.717) is 0 Å². The molecule has 0 aliphatic carbocycles. The van der Waals surface area contributed by atoms with Gasteiger partial charge in [-0.05, 0) is 31.5 Å². The van der Waals surface area contributed by atoms with Gasteiger partial charge in [0.05, 0.1) is 0 Å². The molecular formula is C7H11ClN2O. The van der Waals surface area contributed by atoms with E-state index in [-0.39, 0.29) is 5.71 Å². The molecule has 0 aromatic carbocycles. The number of hydrogen-bond donors (Lipinski definition) is 2. The van der Waals surface area contributed by atoms with Gasteiger partial charge in [0.1, 0.15) is 5.71 Å². The first kappa shape index (κ1) is 10.2. The van der Waals surface area contributed by atoms with E-state index in [1.165, 1.54) is 6.08 Å². The molecule has 0 aromatic heterocycles. The zero-order chi connectivity index (χ0) is 8.85. The van der Waals surface area contributed by atoms with Crippen LogP contribution in [0.3, 0.4) is 0 Å². The van der Waals surface area contributed by atoms with Crippen LogP contribution in [0.2, 0.25) is 0 Å². The number of hydrogen-bond acceptors (Lipinski definition) is 3. The lowest BCUT2D eigenvalue weighted by atomic mass is 10.3. The van der Waals surface area contributed by atoms with Crippen molar-refractivity contribution in [3.05, 3.63) is 11.8 Å². The molecule has 0 aromatic rings. The molecule has 11 heavy (non-hydrogen) atoms. The summed E-state index contributed by atoms with van der Waals surface area (Å²) >= 11 is 5.04. The van der Waals surface area contributed by atoms with E-state index in [9.17, 15) is 4.79 Å². The third-order valence-corrected chi connectivity index (χ3v) is 1.23. The summed E-state index contributed by atoms with van der Waals surface area (Å²) in [7, 11) is 0. The molecule has 0 heterocycles. The van der Waals surface area contributed by atoms with Gasteiger partial charge in [0.25, 0.3) is 5.24 Å². The van der Waals surface area contributed by atoms with E-state index in [1.54, 1.807) is 6.92 Å². The molecule has 3 nitrogen and oxygen atoms in total. The van der Waals surface area contributed by atoms with Crippen LogP contribution in [0.15, 0.2) is 11.8 Å². The molecule has 0 rings (SSSR count). The zero-order valence-electron chi connectivity index (χ0n) is 6.57. The standard InChI is InChI=1S/C7H11ClN2O/c1-3-10-5(2)4-6(9)7(8)11/h4,9-10H,3H2,1-2H3/b5-4-,9-6?. The summed E-state index contributed by atoms with van der Waals surface area (Å²) in [5, 5.41) is 9.26. The third kappa shape index (κ3) is 4.56. The Morgan fingerprint density at radius 3 is 2.64 bits per heavy atom. The lowest BCUT2D eigenvalue weighted by Gasteiger charge is -2.00. The van der Waals surface area contributed by atoms with E-state index in [0.717, 1.165) is 12.2 Å². The highest BCUT2D eigenvalue weighted by atomic mass is 35.5. The minimum atomic E-state index is -0.734. The Kier molecular flexibility index (Phi) is 4.54. The molecule has 0 aliphatic heterocycles. The average molecular weight is 175 g/mol. The Hall–Kier alpha value is -0.830. The molecule has 0 amide bonds. The van der Waals surface area contributed by atoms with Gasteiger partial charge in [-0.2, -0.15) is 0 Å². The molecular weight excluding hydrogens is 164 g/mol. The summed E-state index contributed by atoms with van der Waals surface area (Å²) in [5.41, 5.74) is 0.580. The minimum Gasteiger partial charge on any atom is -0.389 e. The maximum absolute atomic E-state index is 10.4. The molecule has 0 fully saturated rings. The summed E-state index contributed by atoms with van der Waals surface area (Å²) in [6.07, 6.45) is 1.40. The van der Waals surface area contributed by atoms with E-state index >= 15 is 0 Å². The van der Waals surface area contributed by atoms with Gasteiger partial charge in [0.15, 0.2) is 0 Å². The first-order chi connectivity index (χ1) is 5.07. The van der Waals surface area contributed by atoms with Crippen molar-refractivity contribution in [2.75, 3.05) is 6.54 Å². The normalized spacial score (nSPS) is 11.0. The minimum absolute atomic E-state index is 0.190. The summed E-state index contributed by atoms with van der Waals surface area (Å²) in [4.78, 5) is 10.4. The SMILES string of the molecule is CCN/C(C)=C\C(=N)C(=O)Cl. The van der Waals surface area contributed by atoms with Crippen LogP contribution in [-0.4, -0.2) is 17.5 Å². The molecule has 2 N–H and O–H groups in total. The van der Waals surface area contributed by atoms with Crippen molar-refractivity contribution in [2.24, 2.45) is 0 Å². The second-order valence-corrected chi connectivity index (χ2v) is 2.39. The molecule has 4 heteroatoms. The monoisotopic (exact) mass is 174 g/mol. The summed E-state index contributed by atoms with van der Waals surface area (Å²) < 4.78 is 0. The van der Waals surface area contributed by atoms with E-state index < -0.39 is 5.24 Å². The number of halogens is 1. The summed E-state index contributed by atoms with van der Waals surface area (Å²) in [6, 6.07) is 0. The van der Waals surface area contributed by atoms with Crippen LogP contribution in [0.1, 0.15) is 13.8 Å². The van der Waals surface area contributed by atoms with Crippen LogP contribution < -0.4 is 5.32 Å². The Morgan fingerprint density at radius 1 is 1.73 bits per heavy atom. The van der Waals surface area contributed by atoms with Crippen LogP contribution in [0.25, 0.3) is 0 Å². The zero-order valence-corrected chi connectivity index (χ0v) is 7.33. The molecule has 0 unspecified atom stereocenters. The highest BCUT2D eigenvalue weighted by Crippen LogP contribution is 1.91. The Labute approximate surface area is 70.9 Å². The van der Waals surface area contributed by atoms with Crippen LogP contribution in [0.4, 0.5) is 0 Å². The number of rotatable bonds is 4. The molecule has 0 aliphatic rings. The molecule has 0 saturated carbocycles. The molecule has 0 spiro atoms. The molecule has 0 bridgehead atoms. The number of carbonyl (C=O) groups is 1. The Bertz CT molecular complexity index is 199. The van der Waals surface area contributed by atoms with Gasteiger partial charge >= 0.3 is 0 Å². The highest BCUT2D eigenvalue weighted by molar-refractivity contribution is 6.83. The number of nitrogens with one attached hydrogen (secondary N) is 2. The van der Waals surface area contributed by atoms with Gasteiger partial charge in [-0.3, -0.25) is 10.2 Å². The summed E-state index contributed by atoms with van der Waals surface area (Å²) in [6.45, 7) is 4.48. The maximum atomic E-state index is 10.4. The lowest BCUT2D eigenvalue weighted by Crippen LogP contribution is -2.12. The Balaban J connectivity index is 4.08. The van der Waals surface area contributed by atoms with Crippen molar-refractivity contribution in [1.82, 2.24) is 5.32 Å². The van der Waals surface area contributed by atoms with E-state index in [4.69, 9.17) is 17.0 Å². The van der Waals surface area contributed by atoms with Crippen molar-refractivity contribution in [1.29, 1.82) is 5.41 Å². The summed E-state index contributed by atoms with van der Waals surface area (Å²) in [5.74, 6) is 0. The largest absolute Gasteiger partial charge is 0.389 e. The smallest absolute Gasteiger partial charge is 0.270 e. The average Bonchev–Trinajstić information content (AvgIpc) is 1.87. The van der Waals surface area contributed by atoms with Crippen molar-refractivity contribution in [3.8, 4) is 0 Å².